The third kappa shape index (κ3) is 3.07. The molecule has 6 heteroatoms. The van der Waals surface area contributed by atoms with Crippen LogP contribution in [0.2, 0.25) is 0 Å². The van der Waals surface area contributed by atoms with Gasteiger partial charge in [-0.2, -0.15) is 23.5 Å². The molecule has 0 saturated carbocycles. The van der Waals surface area contributed by atoms with Crippen molar-refractivity contribution >= 4 is 46.1 Å². The molecule has 1 fully saturated rings. The van der Waals surface area contributed by atoms with Crippen LogP contribution in [-0.4, -0.2) is 35.0 Å². The second kappa shape index (κ2) is 6.01. The first-order valence-electron chi connectivity index (χ1n) is 6.49. The van der Waals surface area contributed by atoms with Crippen LogP contribution in [0.3, 0.4) is 0 Å². The Balaban J connectivity index is 1.65. The Hall–Kier alpha value is -1.27. The SMILES string of the molecule is Nc1ccc2oc(C(=O)NCC3CSCCS3)cc2c1. The maximum Gasteiger partial charge on any atom is 0.287 e. The molecule has 0 spiro atoms. The van der Waals surface area contributed by atoms with Crippen molar-refractivity contribution in [2.45, 2.75) is 5.25 Å². The van der Waals surface area contributed by atoms with Gasteiger partial charge in [-0.3, -0.25) is 4.79 Å². The summed E-state index contributed by atoms with van der Waals surface area (Å²) in [6.45, 7) is 0.690. The van der Waals surface area contributed by atoms with E-state index >= 15 is 0 Å². The first kappa shape index (κ1) is 13.7. The van der Waals surface area contributed by atoms with Gasteiger partial charge in [0.2, 0.25) is 0 Å². The summed E-state index contributed by atoms with van der Waals surface area (Å²) >= 11 is 3.87. The van der Waals surface area contributed by atoms with Gasteiger partial charge in [0, 0.05) is 40.1 Å². The third-order valence-corrected chi connectivity index (χ3v) is 5.98. The number of benzene rings is 1. The lowest BCUT2D eigenvalue weighted by molar-refractivity contribution is 0.0929. The number of amides is 1. The predicted molar refractivity (Wildman–Crippen MR) is 86.5 cm³/mol. The van der Waals surface area contributed by atoms with Crippen molar-refractivity contribution in [2.75, 3.05) is 29.5 Å². The highest BCUT2D eigenvalue weighted by Crippen LogP contribution is 2.24. The van der Waals surface area contributed by atoms with E-state index in [4.69, 9.17) is 10.2 Å². The number of furan rings is 1. The summed E-state index contributed by atoms with van der Waals surface area (Å²) in [5.41, 5.74) is 7.07. The number of nitrogen functional groups attached to an aromatic ring is 1. The number of carbonyl (C=O) groups is 1. The fourth-order valence-corrected chi connectivity index (χ4v) is 4.73. The molecule has 2 aromatic rings. The molecular formula is C14H16N2O2S2. The molecule has 2 heterocycles. The number of nitrogens with one attached hydrogen (secondary N) is 1. The molecule has 1 aliphatic rings. The minimum atomic E-state index is -0.157. The zero-order valence-corrected chi connectivity index (χ0v) is 12.6. The van der Waals surface area contributed by atoms with Gasteiger partial charge in [0.15, 0.2) is 5.76 Å². The Labute approximate surface area is 125 Å². The standard InChI is InChI=1S/C14H16N2O2S2/c15-10-1-2-12-9(5-10)6-13(18-12)14(17)16-7-11-8-19-3-4-20-11/h1-2,5-6,11H,3-4,7-8,15H2,(H,16,17). The van der Waals surface area contributed by atoms with Crippen LogP contribution in [0.5, 0.6) is 0 Å². The molecule has 3 N–H and O–H groups in total. The lowest BCUT2D eigenvalue weighted by Gasteiger charge is -2.20. The van der Waals surface area contributed by atoms with Crippen LogP contribution in [0.25, 0.3) is 11.0 Å². The van der Waals surface area contributed by atoms with Gasteiger partial charge in [-0.15, -0.1) is 0 Å². The lowest BCUT2D eigenvalue weighted by atomic mass is 10.2. The minimum absolute atomic E-state index is 0.157. The number of carbonyl (C=O) groups excluding carboxylic acids is 1. The predicted octanol–water partition coefficient (Wildman–Crippen LogP) is 2.59. The van der Waals surface area contributed by atoms with Crippen molar-refractivity contribution in [3.05, 3.63) is 30.0 Å². The largest absolute Gasteiger partial charge is 0.451 e. The molecule has 106 valence electrons. The van der Waals surface area contributed by atoms with Gasteiger partial charge in [0.05, 0.1) is 0 Å². The number of fused-ring (bicyclic) bond motifs is 1. The lowest BCUT2D eigenvalue weighted by Crippen LogP contribution is -2.33. The number of anilines is 1. The van der Waals surface area contributed by atoms with E-state index in [0.29, 0.717) is 28.8 Å². The number of nitrogens with two attached hydrogens (primary N) is 1. The Morgan fingerprint density at radius 3 is 3.10 bits per heavy atom. The van der Waals surface area contributed by atoms with E-state index in [0.717, 1.165) is 16.9 Å². The minimum Gasteiger partial charge on any atom is -0.451 e. The second-order valence-electron chi connectivity index (χ2n) is 4.69. The fraction of sp³-hybridized carbons (Fsp3) is 0.357. The number of rotatable bonds is 3. The molecule has 1 unspecified atom stereocenters. The summed E-state index contributed by atoms with van der Waals surface area (Å²) < 4.78 is 5.55. The summed E-state index contributed by atoms with van der Waals surface area (Å²) in [4.78, 5) is 12.1. The van der Waals surface area contributed by atoms with E-state index < -0.39 is 0 Å². The molecule has 1 aromatic heterocycles. The highest BCUT2D eigenvalue weighted by Gasteiger charge is 2.17. The van der Waals surface area contributed by atoms with Gasteiger partial charge in [-0.1, -0.05) is 0 Å². The topological polar surface area (TPSA) is 68.3 Å². The number of hydrogen-bond donors (Lipinski definition) is 2. The molecule has 1 saturated heterocycles. The van der Waals surface area contributed by atoms with Gasteiger partial charge < -0.3 is 15.5 Å². The second-order valence-corrected chi connectivity index (χ2v) is 7.24. The van der Waals surface area contributed by atoms with Gasteiger partial charge in [0.25, 0.3) is 5.91 Å². The van der Waals surface area contributed by atoms with Crippen molar-refractivity contribution < 1.29 is 9.21 Å². The summed E-state index contributed by atoms with van der Waals surface area (Å²) in [7, 11) is 0. The molecule has 1 aromatic carbocycles. The van der Waals surface area contributed by atoms with Gasteiger partial charge in [-0.25, -0.2) is 0 Å². The van der Waals surface area contributed by atoms with Crippen molar-refractivity contribution in [3.63, 3.8) is 0 Å². The molecule has 0 aliphatic carbocycles. The average molecular weight is 308 g/mol. The Kier molecular flexibility index (Phi) is 4.12. The molecule has 3 rings (SSSR count). The van der Waals surface area contributed by atoms with Gasteiger partial charge >= 0.3 is 0 Å². The highest BCUT2D eigenvalue weighted by atomic mass is 32.2. The molecule has 1 aliphatic heterocycles. The first-order chi connectivity index (χ1) is 9.72. The number of hydrogen-bond acceptors (Lipinski definition) is 5. The summed E-state index contributed by atoms with van der Waals surface area (Å²) in [6, 6.07) is 7.10. The van der Waals surface area contributed by atoms with E-state index in [1.807, 2.05) is 29.6 Å². The maximum absolute atomic E-state index is 12.1. The Bertz CT molecular complexity index is 621. The summed E-state index contributed by atoms with van der Waals surface area (Å²) in [5.74, 6) is 3.66. The van der Waals surface area contributed by atoms with Crippen molar-refractivity contribution in [3.8, 4) is 0 Å². The van der Waals surface area contributed by atoms with E-state index in [9.17, 15) is 4.79 Å². The van der Waals surface area contributed by atoms with Crippen LogP contribution in [-0.2, 0) is 0 Å². The van der Waals surface area contributed by atoms with Crippen molar-refractivity contribution in [1.82, 2.24) is 5.32 Å². The van der Waals surface area contributed by atoms with Gasteiger partial charge in [-0.05, 0) is 24.3 Å². The van der Waals surface area contributed by atoms with Gasteiger partial charge in [0.1, 0.15) is 5.58 Å². The quantitative estimate of drug-likeness (QED) is 0.853. The van der Waals surface area contributed by atoms with Crippen LogP contribution in [0.15, 0.2) is 28.7 Å². The Morgan fingerprint density at radius 1 is 1.40 bits per heavy atom. The Morgan fingerprint density at radius 2 is 2.30 bits per heavy atom. The van der Waals surface area contributed by atoms with Crippen LogP contribution in [0.1, 0.15) is 10.6 Å². The zero-order valence-electron chi connectivity index (χ0n) is 10.9. The van der Waals surface area contributed by atoms with Crippen LogP contribution in [0.4, 0.5) is 5.69 Å². The average Bonchev–Trinajstić information content (AvgIpc) is 2.89. The maximum atomic E-state index is 12.1. The van der Waals surface area contributed by atoms with Crippen LogP contribution in [0, 0.1) is 0 Å². The summed E-state index contributed by atoms with van der Waals surface area (Å²) in [5, 5.41) is 4.30. The number of thioether (sulfide) groups is 2. The smallest absolute Gasteiger partial charge is 0.287 e. The van der Waals surface area contributed by atoms with Crippen molar-refractivity contribution in [2.24, 2.45) is 0 Å². The van der Waals surface area contributed by atoms with E-state index in [1.54, 1.807) is 18.2 Å². The molecular weight excluding hydrogens is 292 g/mol. The first-order valence-corrected chi connectivity index (χ1v) is 8.69. The molecule has 20 heavy (non-hydrogen) atoms. The monoisotopic (exact) mass is 308 g/mol. The van der Waals surface area contributed by atoms with Crippen LogP contribution < -0.4 is 11.1 Å². The van der Waals surface area contributed by atoms with Crippen molar-refractivity contribution in [1.29, 1.82) is 0 Å². The summed E-state index contributed by atoms with van der Waals surface area (Å²) in [6.07, 6.45) is 0. The molecule has 1 atom stereocenters. The fourth-order valence-electron chi connectivity index (χ4n) is 2.12. The third-order valence-electron chi connectivity index (χ3n) is 3.14. The van der Waals surface area contributed by atoms with E-state index in [2.05, 4.69) is 5.32 Å². The molecule has 0 radical (unpaired) electrons. The van der Waals surface area contributed by atoms with E-state index in [1.165, 1.54) is 5.75 Å². The molecule has 4 nitrogen and oxygen atoms in total. The van der Waals surface area contributed by atoms with Crippen LogP contribution >= 0.6 is 23.5 Å². The normalized spacial score (nSPS) is 19.1. The highest BCUT2D eigenvalue weighted by molar-refractivity contribution is 8.06. The molecule has 0 bridgehead atoms. The molecule has 1 amide bonds. The zero-order chi connectivity index (χ0) is 13.9. The van der Waals surface area contributed by atoms with E-state index in [-0.39, 0.29) is 5.91 Å².